The number of unbranched alkanes of at least 4 members (excludes halogenated alkanes) is 3. The number of benzene rings is 2. The van der Waals surface area contributed by atoms with Crippen LogP contribution in [0.2, 0.25) is 0 Å². The molecule has 2 aromatic carbocycles. The summed E-state index contributed by atoms with van der Waals surface area (Å²) in [6.07, 6.45) is 5.66. The zero-order valence-electron chi connectivity index (χ0n) is 18.1. The van der Waals surface area contributed by atoms with E-state index in [0.29, 0.717) is 11.3 Å². The molecule has 0 bridgehead atoms. The standard InChI is InChI=1S/C23H25O5PS.Na/c1-3-4-5-6-7-10-16-27-29(24,25)28-21-17-18-12-8-9-15-22(18)30-23-19(21)13-11-14-20(23)26-2;/h8-9,11-15,17H,3-6,16H2,1-2H3,(H,24,25);/q;+1/p-1. The predicted molar refractivity (Wildman–Crippen MR) is 118 cm³/mol. The first kappa shape index (κ1) is 26.1. The number of phosphoric ester groups is 1. The summed E-state index contributed by atoms with van der Waals surface area (Å²) in [6, 6.07) is 13.1. The van der Waals surface area contributed by atoms with Crippen molar-refractivity contribution < 1.29 is 52.8 Å². The van der Waals surface area contributed by atoms with E-state index in [-0.39, 0.29) is 41.9 Å². The maximum atomic E-state index is 12.5. The van der Waals surface area contributed by atoms with Gasteiger partial charge in [-0.15, -0.1) is 5.92 Å². The van der Waals surface area contributed by atoms with Crippen molar-refractivity contribution in [2.24, 2.45) is 0 Å². The zero-order valence-corrected chi connectivity index (χ0v) is 21.8. The molecule has 1 unspecified atom stereocenters. The molecular formula is C23H24NaO5PS. The quantitative estimate of drug-likeness (QED) is 0.258. The molecule has 2 aromatic rings. The molecule has 158 valence electrons. The molecule has 0 aromatic heterocycles. The van der Waals surface area contributed by atoms with Crippen LogP contribution >= 0.6 is 19.6 Å². The van der Waals surface area contributed by atoms with Crippen LogP contribution in [0.15, 0.2) is 52.3 Å². The Labute approximate surface area is 210 Å². The first-order valence-electron chi connectivity index (χ1n) is 9.81. The Morgan fingerprint density at radius 1 is 1.10 bits per heavy atom. The van der Waals surface area contributed by atoms with Gasteiger partial charge >= 0.3 is 37.4 Å². The third-order valence-corrected chi connectivity index (χ3v) is 6.50. The molecule has 0 N–H and O–H groups in total. The molecule has 0 amide bonds. The summed E-state index contributed by atoms with van der Waals surface area (Å²) in [7, 11) is -3.02. The van der Waals surface area contributed by atoms with E-state index in [1.807, 2.05) is 30.3 Å². The SMILES string of the molecule is CCCCCC#CCOP(=O)([O-])OC1=Cc2ccccc2Sc2c(OC)cccc21.[Na+]. The smallest absolute Gasteiger partial charge is 0.746 e. The molecule has 0 aliphatic carbocycles. The Kier molecular flexibility index (Phi) is 10.7. The Hall–Kier alpha value is -1.16. The minimum atomic E-state index is -4.60. The second kappa shape index (κ2) is 12.8. The first-order valence-corrected chi connectivity index (χ1v) is 12.1. The topological polar surface area (TPSA) is 67.8 Å². The van der Waals surface area contributed by atoms with E-state index in [9.17, 15) is 9.46 Å². The Morgan fingerprint density at radius 3 is 2.68 bits per heavy atom. The van der Waals surface area contributed by atoms with Crippen molar-refractivity contribution in [1.29, 1.82) is 0 Å². The van der Waals surface area contributed by atoms with E-state index in [0.717, 1.165) is 41.0 Å². The van der Waals surface area contributed by atoms with Gasteiger partial charge in [0.25, 0.3) is 0 Å². The van der Waals surface area contributed by atoms with Crippen LogP contribution < -0.4 is 39.2 Å². The Morgan fingerprint density at radius 2 is 1.90 bits per heavy atom. The van der Waals surface area contributed by atoms with Crippen molar-refractivity contribution in [2.75, 3.05) is 13.7 Å². The fourth-order valence-electron chi connectivity index (χ4n) is 2.93. The Balaban J connectivity index is 0.00000341. The molecule has 1 atom stereocenters. The Bertz CT molecular complexity index is 1030. The maximum Gasteiger partial charge on any atom is 1.00 e. The number of fused-ring (bicyclic) bond motifs is 2. The fraction of sp³-hybridized carbons (Fsp3) is 0.304. The van der Waals surface area contributed by atoms with E-state index in [2.05, 4.69) is 18.8 Å². The van der Waals surface area contributed by atoms with Crippen LogP contribution in [0.1, 0.15) is 43.7 Å². The molecule has 1 aliphatic rings. The van der Waals surface area contributed by atoms with Gasteiger partial charge in [-0.3, -0.25) is 9.09 Å². The van der Waals surface area contributed by atoms with Gasteiger partial charge in [0, 0.05) is 16.9 Å². The maximum absolute atomic E-state index is 12.5. The third kappa shape index (κ3) is 7.44. The number of phosphoric acid groups is 1. The monoisotopic (exact) mass is 466 g/mol. The van der Waals surface area contributed by atoms with E-state index in [1.165, 1.54) is 11.8 Å². The summed E-state index contributed by atoms with van der Waals surface area (Å²) in [5, 5.41) is 0. The number of ether oxygens (including phenoxy) is 1. The molecule has 3 rings (SSSR count). The molecule has 0 spiro atoms. The summed E-state index contributed by atoms with van der Waals surface area (Å²) in [5.41, 5.74) is 1.48. The van der Waals surface area contributed by atoms with Gasteiger partial charge in [-0.2, -0.15) is 0 Å². The number of hydrogen-bond acceptors (Lipinski definition) is 6. The minimum absolute atomic E-state index is 0. The average molecular weight is 466 g/mol. The summed E-state index contributed by atoms with van der Waals surface area (Å²) in [5.74, 6) is 6.49. The van der Waals surface area contributed by atoms with Crippen molar-refractivity contribution >= 4 is 31.4 Å². The van der Waals surface area contributed by atoms with Crippen molar-refractivity contribution in [2.45, 2.75) is 42.4 Å². The first-order chi connectivity index (χ1) is 14.5. The molecule has 31 heavy (non-hydrogen) atoms. The van der Waals surface area contributed by atoms with Crippen molar-refractivity contribution in [3.63, 3.8) is 0 Å². The van der Waals surface area contributed by atoms with E-state index in [4.69, 9.17) is 13.8 Å². The van der Waals surface area contributed by atoms with Crippen molar-refractivity contribution in [1.82, 2.24) is 0 Å². The van der Waals surface area contributed by atoms with Gasteiger partial charge in [-0.05, 0) is 36.3 Å². The predicted octanol–water partition coefficient (Wildman–Crippen LogP) is 2.75. The largest absolute Gasteiger partial charge is 1.00 e. The third-order valence-electron chi connectivity index (χ3n) is 4.42. The average Bonchev–Trinajstić information content (AvgIpc) is 2.89. The number of hydrogen-bond donors (Lipinski definition) is 0. The minimum Gasteiger partial charge on any atom is -0.746 e. The molecule has 0 radical (unpaired) electrons. The van der Waals surface area contributed by atoms with Crippen LogP contribution in [-0.2, 0) is 13.6 Å². The van der Waals surface area contributed by atoms with Crippen LogP contribution in [-0.4, -0.2) is 13.7 Å². The number of methoxy groups -OCH3 is 1. The zero-order chi connectivity index (χ0) is 21.4. The molecular weight excluding hydrogens is 442 g/mol. The van der Waals surface area contributed by atoms with Gasteiger partial charge in [-0.25, -0.2) is 0 Å². The van der Waals surface area contributed by atoms with E-state index >= 15 is 0 Å². The van der Waals surface area contributed by atoms with Crippen LogP contribution in [0, 0.1) is 11.8 Å². The van der Waals surface area contributed by atoms with Crippen molar-refractivity contribution in [3.8, 4) is 17.6 Å². The van der Waals surface area contributed by atoms with Gasteiger partial charge < -0.3 is 14.2 Å². The van der Waals surface area contributed by atoms with Crippen LogP contribution in [0.25, 0.3) is 11.8 Å². The van der Waals surface area contributed by atoms with Gasteiger partial charge in [0.1, 0.15) is 18.1 Å². The molecule has 5 nitrogen and oxygen atoms in total. The summed E-state index contributed by atoms with van der Waals surface area (Å²) in [4.78, 5) is 14.2. The summed E-state index contributed by atoms with van der Waals surface area (Å²) in [6.45, 7) is 1.89. The van der Waals surface area contributed by atoms with Crippen molar-refractivity contribution in [3.05, 3.63) is 53.6 Å². The normalized spacial score (nSPS) is 13.7. The second-order valence-electron chi connectivity index (χ2n) is 6.61. The van der Waals surface area contributed by atoms with Gasteiger partial charge in [0.05, 0.1) is 12.0 Å². The van der Waals surface area contributed by atoms with Crippen LogP contribution in [0.4, 0.5) is 0 Å². The second-order valence-corrected chi connectivity index (χ2v) is 9.00. The molecule has 0 saturated carbocycles. The molecule has 0 fully saturated rings. The summed E-state index contributed by atoms with van der Waals surface area (Å²) < 4.78 is 28.3. The molecule has 1 heterocycles. The van der Waals surface area contributed by atoms with Crippen LogP contribution in [0.3, 0.4) is 0 Å². The van der Waals surface area contributed by atoms with Gasteiger partial charge in [-0.1, -0.05) is 61.7 Å². The van der Waals surface area contributed by atoms with Gasteiger partial charge in [0.2, 0.25) is 0 Å². The van der Waals surface area contributed by atoms with Crippen LogP contribution in [0.5, 0.6) is 5.75 Å². The molecule has 1 aliphatic heterocycles. The molecule has 8 heteroatoms. The van der Waals surface area contributed by atoms with E-state index in [1.54, 1.807) is 25.3 Å². The fourth-order valence-corrected chi connectivity index (χ4v) is 4.74. The summed E-state index contributed by atoms with van der Waals surface area (Å²) >= 11 is 1.50. The van der Waals surface area contributed by atoms with E-state index < -0.39 is 7.82 Å². The van der Waals surface area contributed by atoms with Gasteiger partial charge in [0.15, 0.2) is 0 Å². The number of rotatable bonds is 8. The molecule has 0 saturated heterocycles.